The van der Waals surface area contributed by atoms with Gasteiger partial charge in [0.15, 0.2) is 0 Å². The highest BCUT2D eigenvalue weighted by Crippen LogP contribution is 2.53. The monoisotopic (exact) mass is 292 g/mol. The van der Waals surface area contributed by atoms with Gasteiger partial charge in [-0.1, -0.05) is 25.0 Å². The van der Waals surface area contributed by atoms with Crippen LogP contribution in [0.5, 0.6) is 11.5 Å². The third-order valence-electron chi connectivity index (χ3n) is 4.59. The van der Waals surface area contributed by atoms with Gasteiger partial charge >= 0.3 is 0 Å². The van der Waals surface area contributed by atoms with E-state index in [4.69, 9.17) is 13.0 Å². The Kier molecular flexibility index (Phi) is 2.15. The zero-order chi connectivity index (χ0) is 20.2. The molecule has 3 rings (SSSR count). The average molecular weight is 292 g/mol. The number of ether oxygens (including phenoxy) is 1. The summed E-state index contributed by atoms with van der Waals surface area (Å²) in [7, 11) is 0. The molecule has 1 aliphatic heterocycles. The van der Waals surface area contributed by atoms with Gasteiger partial charge in [-0.25, -0.2) is 0 Å². The average Bonchev–Trinajstić information content (AvgIpc) is 2.51. The maximum absolute atomic E-state index is 10.7. The third-order valence-corrected chi connectivity index (χ3v) is 4.59. The summed E-state index contributed by atoms with van der Waals surface area (Å²) in [6, 6.07) is 3.37. The fourth-order valence-corrected chi connectivity index (χ4v) is 3.58. The van der Waals surface area contributed by atoms with Gasteiger partial charge in [0.2, 0.25) is 0 Å². The number of fused-ring (bicyclic) bond motifs is 3. The number of aryl methyl sites for hydroxylation is 1. The molecule has 0 bridgehead atoms. The van der Waals surface area contributed by atoms with Gasteiger partial charge in [0, 0.05) is 25.6 Å². The molecule has 1 heterocycles. The topological polar surface area (TPSA) is 29.5 Å². The summed E-state index contributed by atoms with van der Waals surface area (Å²) in [6.45, 7) is -1.74. The van der Waals surface area contributed by atoms with Crippen LogP contribution < -0.4 is 4.74 Å². The number of aromatic hydroxyl groups is 1. The number of allylic oxidation sites excluding steroid dienone is 2. The van der Waals surface area contributed by atoms with Gasteiger partial charge in [0.05, 0.1) is 0 Å². The summed E-state index contributed by atoms with van der Waals surface area (Å²) < 4.78 is 54.5. The lowest BCUT2D eigenvalue weighted by Crippen LogP contribution is -2.45. The van der Waals surface area contributed by atoms with E-state index < -0.39 is 31.1 Å². The molecule has 0 amide bonds. The van der Waals surface area contributed by atoms with Crippen LogP contribution >= 0.6 is 0 Å². The van der Waals surface area contributed by atoms with E-state index in [1.807, 2.05) is 19.9 Å². The first-order chi connectivity index (χ1) is 12.4. The summed E-state index contributed by atoms with van der Waals surface area (Å²) in [6.07, 6.45) is 4.43. The van der Waals surface area contributed by atoms with Crippen LogP contribution in [0.3, 0.4) is 0 Å². The van der Waals surface area contributed by atoms with Crippen molar-refractivity contribution in [2.45, 2.75) is 64.8 Å². The van der Waals surface area contributed by atoms with Crippen molar-refractivity contribution in [1.82, 2.24) is 0 Å². The summed E-state index contributed by atoms with van der Waals surface area (Å²) >= 11 is 0. The molecule has 1 aliphatic carbocycles. The predicted molar refractivity (Wildman–Crippen MR) is 86.0 cm³/mol. The molecule has 0 radical (unpaired) electrons. The Morgan fingerprint density at radius 1 is 1.43 bits per heavy atom. The fourth-order valence-electron chi connectivity index (χ4n) is 3.58. The summed E-state index contributed by atoms with van der Waals surface area (Å²) in [4.78, 5) is 0. The van der Waals surface area contributed by atoms with Crippen LogP contribution in [0.4, 0.5) is 0 Å². The van der Waals surface area contributed by atoms with E-state index in [1.54, 1.807) is 12.1 Å². The smallest absolute Gasteiger partial charge is 0.127 e. The number of phenols is 1. The van der Waals surface area contributed by atoms with Crippen LogP contribution in [0.2, 0.25) is 0 Å². The molecule has 0 saturated heterocycles. The number of phenolic OH excluding ortho intramolecular Hbond substituents is 1. The highest BCUT2D eigenvalue weighted by atomic mass is 16.5. The van der Waals surface area contributed by atoms with Crippen LogP contribution in [0.1, 0.15) is 72.1 Å². The molecule has 21 heavy (non-hydrogen) atoms. The standard InChI is InChI=1S/C19H26O2/c1-5-6-13-10-16(20)18-14-9-12(2)7-8-15(14)19(3,4)21-17(18)11-13/h9-11,14-15,20H,5-8H2,1-4H3/t14?,15-/m1/s1/i3D3,4D3. The minimum Gasteiger partial charge on any atom is -0.507 e. The van der Waals surface area contributed by atoms with Crippen molar-refractivity contribution in [3.05, 3.63) is 34.9 Å². The molecule has 114 valence electrons. The Hall–Kier alpha value is -1.44. The second-order valence-corrected chi connectivity index (χ2v) is 6.30. The summed E-state index contributed by atoms with van der Waals surface area (Å²) in [5, 5.41) is 10.7. The molecule has 2 atom stereocenters. The Labute approximate surface area is 136 Å². The second-order valence-electron chi connectivity index (χ2n) is 6.30. The van der Waals surface area contributed by atoms with E-state index in [2.05, 4.69) is 0 Å². The SMILES string of the molecule is [2H]C([2H])([2H])C1(C([2H])([2H])[2H])Oc2cc(CCC)cc(O)c2C2C=C(C)CC[C@H]21. The maximum Gasteiger partial charge on any atom is 0.127 e. The first-order valence-electron chi connectivity index (χ1n) is 10.6. The zero-order valence-electron chi connectivity index (χ0n) is 18.6. The Morgan fingerprint density at radius 2 is 2.24 bits per heavy atom. The number of hydrogen-bond acceptors (Lipinski definition) is 2. The van der Waals surface area contributed by atoms with E-state index in [9.17, 15) is 5.11 Å². The lowest BCUT2D eigenvalue weighted by molar-refractivity contribution is 0.0107. The van der Waals surface area contributed by atoms with Gasteiger partial charge < -0.3 is 9.84 Å². The Bertz CT molecular complexity index is 749. The molecule has 1 aromatic carbocycles. The van der Waals surface area contributed by atoms with Gasteiger partial charge in [-0.15, -0.1) is 0 Å². The first-order valence-corrected chi connectivity index (χ1v) is 7.64. The molecular weight excluding hydrogens is 260 g/mol. The fraction of sp³-hybridized carbons (Fsp3) is 0.579. The van der Waals surface area contributed by atoms with E-state index in [1.165, 1.54) is 0 Å². The van der Waals surface area contributed by atoms with E-state index in [0.717, 1.165) is 17.6 Å². The zero-order valence-corrected chi connectivity index (χ0v) is 12.6. The highest BCUT2D eigenvalue weighted by Gasteiger charge is 2.45. The third kappa shape index (κ3) is 2.45. The minimum atomic E-state index is -2.84. The molecular formula is C19H26O2. The summed E-state index contributed by atoms with van der Waals surface area (Å²) in [5.74, 6) is -1.05. The molecule has 0 aromatic heterocycles. The van der Waals surface area contributed by atoms with E-state index in [-0.39, 0.29) is 11.5 Å². The van der Waals surface area contributed by atoms with Gasteiger partial charge in [-0.3, -0.25) is 0 Å². The minimum absolute atomic E-state index is 0.0431. The molecule has 1 N–H and O–H groups in total. The van der Waals surface area contributed by atoms with Gasteiger partial charge in [0.1, 0.15) is 17.1 Å². The molecule has 0 fully saturated rings. The van der Waals surface area contributed by atoms with Crippen LogP contribution in [0, 0.1) is 5.92 Å². The molecule has 0 spiro atoms. The molecule has 0 saturated carbocycles. The largest absolute Gasteiger partial charge is 0.507 e. The van der Waals surface area contributed by atoms with Crippen LogP contribution in [0.25, 0.3) is 0 Å². The number of benzene rings is 1. The van der Waals surface area contributed by atoms with E-state index >= 15 is 0 Å². The van der Waals surface area contributed by atoms with Gasteiger partial charge in [0.25, 0.3) is 0 Å². The van der Waals surface area contributed by atoms with Crippen molar-refractivity contribution < 1.29 is 18.1 Å². The molecule has 1 unspecified atom stereocenters. The van der Waals surface area contributed by atoms with Crippen molar-refractivity contribution in [3.63, 3.8) is 0 Å². The van der Waals surface area contributed by atoms with Crippen molar-refractivity contribution >= 4 is 0 Å². The molecule has 2 nitrogen and oxygen atoms in total. The predicted octanol–water partition coefficient (Wildman–Crippen LogP) is 4.96. The molecule has 2 aliphatic rings. The molecule has 2 heteroatoms. The second kappa shape index (κ2) is 5.08. The van der Waals surface area contributed by atoms with Crippen molar-refractivity contribution in [2.24, 2.45) is 5.92 Å². The maximum atomic E-state index is 10.7. The van der Waals surface area contributed by atoms with Crippen LogP contribution in [-0.4, -0.2) is 10.7 Å². The van der Waals surface area contributed by atoms with Crippen molar-refractivity contribution in [1.29, 1.82) is 0 Å². The van der Waals surface area contributed by atoms with Crippen LogP contribution in [-0.2, 0) is 6.42 Å². The van der Waals surface area contributed by atoms with Gasteiger partial charge in [-0.05, 0) is 57.6 Å². The Balaban J connectivity index is 2.30. The summed E-state index contributed by atoms with van der Waals surface area (Å²) in [5.41, 5.74) is 0.0643. The number of hydrogen-bond donors (Lipinski definition) is 1. The first kappa shape index (κ1) is 8.87. The lowest BCUT2D eigenvalue weighted by atomic mass is 9.68. The van der Waals surface area contributed by atoms with Crippen molar-refractivity contribution in [3.8, 4) is 11.5 Å². The Morgan fingerprint density at radius 3 is 2.95 bits per heavy atom. The van der Waals surface area contributed by atoms with E-state index in [0.29, 0.717) is 24.8 Å². The lowest BCUT2D eigenvalue weighted by Gasteiger charge is -2.46. The quantitative estimate of drug-likeness (QED) is 0.781. The normalized spacial score (nSPS) is 31.8. The number of rotatable bonds is 2. The highest BCUT2D eigenvalue weighted by molar-refractivity contribution is 5.53. The molecule has 1 aromatic rings. The van der Waals surface area contributed by atoms with Gasteiger partial charge in [-0.2, -0.15) is 0 Å². The van der Waals surface area contributed by atoms with Crippen molar-refractivity contribution in [2.75, 3.05) is 0 Å². The van der Waals surface area contributed by atoms with Crippen LogP contribution in [0.15, 0.2) is 23.8 Å².